The number of hydrogen-bond acceptors (Lipinski definition) is 4. The van der Waals surface area contributed by atoms with E-state index in [0.717, 1.165) is 0 Å². The molecule has 0 saturated heterocycles. The summed E-state index contributed by atoms with van der Waals surface area (Å²) in [6, 6.07) is 8.52. The van der Waals surface area contributed by atoms with E-state index in [9.17, 15) is 4.79 Å². The number of pyridine rings is 1. The van der Waals surface area contributed by atoms with Gasteiger partial charge in [0.15, 0.2) is 0 Å². The van der Waals surface area contributed by atoms with Crippen LogP contribution in [0.25, 0.3) is 0 Å². The van der Waals surface area contributed by atoms with Crippen molar-refractivity contribution in [3.05, 3.63) is 53.7 Å². The molecule has 0 spiro atoms. The van der Waals surface area contributed by atoms with Gasteiger partial charge in [0.25, 0.3) is 5.91 Å². The third kappa shape index (κ3) is 2.69. The Bertz CT molecular complexity index is 538. The highest BCUT2D eigenvalue weighted by Crippen LogP contribution is 2.01. The zero-order valence-corrected chi connectivity index (χ0v) is 8.88. The molecule has 0 aromatic carbocycles. The minimum atomic E-state index is -0.300. The first-order valence-electron chi connectivity index (χ1n) is 4.96. The second kappa shape index (κ2) is 4.94. The van der Waals surface area contributed by atoms with Crippen LogP contribution in [0.1, 0.15) is 21.8 Å². The molecule has 0 aliphatic heterocycles. The van der Waals surface area contributed by atoms with Crippen LogP contribution >= 0.6 is 0 Å². The second-order valence-corrected chi connectivity index (χ2v) is 3.31. The smallest absolute Gasteiger partial charge is 0.270 e. The second-order valence-electron chi connectivity index (χ2n) is 3.31. The highest BCUT2D eigenvalue weighted by atomic mass is 16.3. The van der Waals surface area contributed by atoms with Crippen LogP contribution in [0.4, 0.5) is 0 Å². The number of amides is 1. The van der Waals surface area contributed by atoms with Gasteiger partial charge < -0.3 is 9.73 Å². The summed E-state index contributed by atoms with van der Waals surface area (Å²) in [5, 5.41) is 11.3. The van der Waals surface area contributed by atoms with Gasteiger partial charge in [0.05, 0.1) is 18.4 Å². The monoisotopic (exact) mass is 227 g/mol. The fourth-order valence-corrected chi connectivity index (χ4v) is 1.27. The fraction of sp³-hybridized carbons (Fsp3) is 0.0833. The number of carbonyl (C=O) groups is 1. The van der Waals surface area contributed by atoms with E-state index >= 15 is 0 Å². The van der Waals surface area contributed by atoms with Gasteiger partial charge in [-0.3, -0.25) is 4.79 Å². The van der Waals surface area contributed by atoms with E-state index in [1.165, 1.54) is 12.3 Å². The van der Waals surface area contributed by atoms with Gasteiger partial charge in [0.2, 0.25) is 0 Å². The first-order valence-corrected chi connectivity index (χ1v) is 4.96. The minimum absolute atomic E-state index is 0.274. The van der Waals surface area contributed by atoms with E-state index in [2.05, 4.69) is 10.3 Å². The average Bonchev–Trinajstić information content (AvgIpc) is 2.89. The van der Waals surface area contributed by atoms with Gasteiger partial charge in [-0.1, -0.05) is 0 Å². The van der Waals surface area contributed by atoms with Crippen molar-refractivity contribution in [1.29, 1.82) is 5.26 Å². The Morgan fingerprint density at radius 3 is 2.94 bits per heavy atom. The molecule has 17 heavy (non-hydrogen) atoms. The number of nitrogens with zero attached hydrogens (tertiary/aromatic N) is 2. The van der Waals surface area contributed by atoms with Gasteiger partial charge >= 0.3 is 0 Å². The number of aromatic nitrogens is 1. The molecular weight excluding hydrogens is 218 g/mol. The van der Waals surface area contributed by atoms with Gasteiger partial charge in [-0.2, -0.15) is 5.26 Å². The van der Waals surface area contributed by atoms with Crippen molar-refractivity contribution in [2.75, 3.05) is 0 Å². The molecule has 5 nitrogen and oxygen atoms in total. The largest absolute Gasteiger partial charge is 0.467 e. The van der Waals surface area contributed by atoms with E-state index in [4.69, 9.17) is 9.68 Å². The summed E-state index contributed by atoms with van der Waals surface area (Å²) in [7, 11) is 0. The molecular formula is C12H9N3O2. The van der Waals surface area contributed by atoms with Crippen LogP contribution in [-0.4, -0.2) is 10.9 Å². The topological polar surface area (TPSA) is 78.9 Å². The molecule has 2 aromatic rings. The molecule has 2 rings (SSSR count). The lowest BCUT2D eigenvalue weighted by Gasteiger charge is -2.02. The molecule has 0 saturated carbocycles. The lowest BCUT2D eigenvalue weighted by atomic mass is 10.2. The molecule has 0 aliphatic carbocycles. The molecule has 0 radical (unpaired) electrons. The molecule has 5 heteroatoms. The van der Waals surface area contributed by atoms with E-state index in [1.807, 2.05) is 6.07 Å². The fourth-order valence-electron chi connectivity index (χ4n) is 1.27. The highest BCUT2D eigenvalue weighted by Gasteiger charge is 2.07. The van der Waals surface area contributed by atoms with Gasteiger partial charge in [-0.05, 0) is 24.3 Å². The number of rotatable bonds is 3. The van der Waals surface area contributed by atoms with Crippen molar-refractivity contribution in [2.24, 2.45) is 0 Å². The van der Waals surface area contributed by atoms with E-state index in [-0.39, 0.29) is 11.6 Å². The van der Waals surface area contributed by atoms with Gasteiger partial charge in [-0.25, -0.2) is 4.98 Å². The van der Waals surface area contributed by atoms with Crippen LogP contribution in [0.2, 0.25) is 0 Å². The standard InChI is InChI=1S/C12H9N3O2/c13-6-9-3-4-11(14-7-9)12(16)15-8-10-2-1-5-17-10/h1-5,7H,8H2,(H,15,16). The Hall–Kier alpha value is -2.61. The number of nitrogens with one attached hydrogen (secondary N) is 1. The third-order valence-corrected chi connectivity index (χ3v) is 2.13. The predicted octanol–water partition coefficient (Wildman–Crippen LogP) is 1.48. The molecule has 0 unspecified atom stereocenters. The van der Waals surface area contributed by atoms with E-state index in [0.29, 0.717) is 17.9 Å². The number of carbonyl (C=O) groups excluding carboxylic acids is 1. The van der Waals surface area contributed by atoms with E-state index < -0.39 is 0 Å². The number of nitriles is 1. The van der Waals surface area contributed by atoms with Gasteiger partial charge in [0, 0.05) is 6.20 Å². The first-order chi connectivity index (χ1) is 8.29. The number of furan rings is 1. The maximum Gasteiger partial charge on any atom is 0.270 e. The minimum Gasteiger partial charge on any atom is -0.467 e. The zero-order chi connectivity index (χ0) is 12.1. The maximum absolute atomic E-state index is 11.6. The Morgan fingerprint density at radius 1 is 1.47 bits per heavy atom. The Balaban J connectivity index is 1.97. The summed E-state index contributed by atoms with van der Waals surface area (Å²) in [4.78, 5) is 15.5. The van der Waals surface area contributed by atoms with Crippen LogP contribution in [0.5, 0.6) is 0 Å². The molecule has 0 aliphatic rings. The molecule has 1 amide bonds. The molecule has 0 atom stereocenters. The summed E-state index contributed by atoms with van der Waals surface area (Å²) in [6.45, 7) is 0.313. The predicted molar refractivity (Wildman–Crippen MR) is 58.8 cm³/mol. The first kappa shape index (κ1) is 10.9. The lowest BCUT2D eigenvalue weighted by molar-refractivity contribution is 0.0943. The summed E-state index contributed by atoms with van der Waals surface area (Å²) >= 11 is 0. The number of hydrogen-bond donors (Lipinski definition) is 1. The summed E-state index contributed by atoms with van der Waals surface area (Å²) in [6.07, 6.45) is 2.91. The van der Waals surface area contributed by atoms with Crippen molar-refractivity contribution in [1.82, 2.24) is 10.3 Å². The Labute approximate surface area is 97.7 Å². The van der Waals surface area contributed by atoms with Crippen molar-refractivity contribution in [3.63, 3.8) is 0 Å². The Kier molecular flexibility index (Phi) is 3.17. The average molecular weight is 227 g/mol. The Morgan fingerprint density at radius 2 is 2.35 bits per heavy atom. The van der Waals surface area contributed by atoms with Gasteiger partial charge in [-0.15, -0.1) is 0 Å². The normalized spacial score (nSPS) is 9.59. The van der Waals surface area contributed by atoms with Crippen LogP contribution in [0.15, 0.2) is 41.1 Å². The molecule has 2 heterocycles. The van der Waals surface area contributed by atoms with Crippen LogP contribution in [-0.2, 0) is 6.54 Å². The highest BCUT2D eigenvalue weighted by molar-refractivity contribution is 5.92. The van der Waals surface area contributed by atoms with Crippen LogP contribution in [0.3, 0.4) is 0 Å². The summed E-state index contributed by atoms with van der Waals surface area (Å²) in [5.41, 5.74) is 0.697. The van der Waals surface area contributed by atoms with E-state index in [1.54, 1.807) is 24.5 Å². The maximum atomic E-state index is 11.6. The van der Waals surface area contributed by atoms with Crippen molar-refractivity contribution in [2.45, 2.75) is 6.54 Å². The zero-order valence-electron chi connectivity index (χ0n) is 8.88. The summed E-state index contributed by atoms with van der Waals surface area (Å²) in [5.74, 6) is 0.373. The van der Waals surface area contributed by atoms with Crippen molar-refractivity contribution in [3.8, 4) is 6.07 Å². The SMILES string of the molecule is N#Cc1ccc(C(=O)NCc2ccco2)nc1. The molecule has 1 N–H and O–H groups in total. The molecule has 0 bridgehead atoms. The quantitative estimate of drug-likeness (QED) is 0.861. The lowest BCUT2D eigenvalue weighted by Crippen LogP contribution is -2.23. The molecule has 0 fully saturated rings. The van der Waals surface area contributed by atoms with Crippen LogP contribution in [0, 0.1) is 11.3 Å². The van der Waals surface area contributed by atoms with Gasteiger partial charge in [0.1, 0.15) is 17.5 Å². The third-order valence-electron chi connectivity index (χ3n) is 2.13. The molecule has 2 aromatic heterocycles. The van der Waals surface area contributed by atoms with Crippen LogP contribution < -0.4 is 5.32 Å². The van der Waals surface area contributed by atoms with Crippen molar-refractivity contribution < 1.29 is 9.21 Å². The van der Waals surface area contributed by atoms with Crippen molar-refractivity contribution >= 4 is 5.91 Å². The summed E-state index contributed by atoms with van der Waals surface area (Å²) < 4.78 is 5.08. The molecule has 84 valence electrons.